The van der Waals surface area contributed by atoms with Crippen LogP contribution in [0, 0.1) is 5.82 Å². The van der Waals surface area contributed by atoms with Crippen LogP contribution >= 0.6 is 10.8 Å². The van der Waals surface area contributed by atoms with Crippen LogP contribution in [-0.2, 0) is 6.54 Å². The maximum Gasteiger partial charge on any atom is 0.182 e. The predicted molar refractivity (Wildman–Crippen MR) is 123 cm³/mol. The van der Waals surface area contributed by atoms with E-state index < -0.39 is 10.8 Å². The van der Waals surface area contributed by atoms with Gasteiger partial charge in [0.1, 0.15) is 17.2 Å². The molecule has 1 aromatic carbocycles. The Morgan fingerprint density at radius 1 is 1.09 bits per heavy atom. The van der Waals surface area contributed by atoms with Crippen LogP contribution in [-0.4, -0.2) is 46.1 Å². The molecule has 9 nitrogen and oxygen atoms in total. The number of halogens is 1. The predicted octanol–water partition coefficient (Wildman–Crippen LogP) is 3.92. The van der Waals surface area contributed by atoms with Gasteiger partial charge in [0.15, 0.2) is 17.3 Å². The van der Waals surface area contributed by atoms with Crippen molar-refractivity contribution in [1.82, 2.24) is 24.7 Å². The van der Waals surface area contributed by atoms with Gasteiger partial charge in [0.05, 0.1) is 23.9 Å². The number of hydrogen-bond acceptors (Lipinski definition) is 8. The van der Waals surface area contributed by atoms with E-state index in [-0.39, 0.29) is 24.0 Å². The topological polar surface area (TPSA) is 126 Å². The SMILES string of the molecule is Nc1nc(-c2nn(Cc3ccccc3F)c3ncccc23)ncc1N1CCCCS1(O)O. The van der Waals surface area contributed by atoms with Gasteiger partial charge in [0, 0.05) is 18.3 Å². The van der Waals surface area contributed by atoms with Crippen molar-refractivity contribution in [2.24, 2.45) is 0 Å². The summed E-state index contributed by atoms with van der Waals surface area (Å²) in [6.45, 7) is 0.668. The molecule has 0 unspecified atom stereocenters. The van der Waals surface area contributed by atoms with Gasteiger partial charge < -0.3 is 5.73 Å². The molecule has 1 fully saturated rings. The van der Waals surface area contributed by atoms with Crippen LogP contribution in [0.1, 0.15) is 18.4 Å². The van der Waals surface area contributed by atoms with Crippen LogP contribution in [0.15, 0.2) is 48.8 Å². The first-order chi connectivity index (χ1) is 15.4. The normalized spacial score (nSPS) is 16.9. The highest BCUT2D eigenvalue weighted by Gasteiger charge is 2.29. The van der Waals surface area contributed by atoms with E-state index in [1.807, 2.05) is 6.07 Å². The Hall–Kier alpha value is -3.28. The van der Waals surface area contributed by atoms with Crippen molar-refractivity contribution in [1.29, 1.82) is 0 Å². The summed E-state index contributed by atoms with van der Waals surface area (Å²) < 4.78 is 38.1. The second-order valence-electron chi connectivity index (χ2n) is 7.58. The largest absolute Gasteiger partial charge is 0.382 e. The zero-order valence-corrected chi connectivity index (χ0v) is 17.9. The van der Waals surface area contributed by atoms with Gasteiger partial charge in [0.25, 0.3) is 0 Å². The van der Waals surface area contributed by atoms with Gasteiger partial charge in [-0.25, -0.2) is 24.0 Å². The molecule has 4 aromatic rings. The van der Waals surface area contributed by atoms with Gasteiger partial charge in [-0.3, -0.25) is 13.4 Å². The van der Waals surface area contributed by atoms with Crippen LogP contribution in [0.5, 0.6) is 0 Å². The Kier molecular flexibility index (Phi) is 5.16. The first-order valence-corrected chi connectivity index (χ1v) is 11.8. The summed E-state index contributed by atoms with van der Waals surface area (Å²) in [5, 5.41) is 5.31. The minimum absolute atomic E-state index is 0.137. The number of hydrogen-bond donors (Lipinski definition) is 3. The number of benzene rings is 1. The third-order valence-electron chi connectivity index (χ3n) is 5.45. The lowest BCUT2D eigenvalue weighted by atomic mass is 10.2. The molecule has 32 heavy (non-hydrogen) atoms. The standard InChI is InChI=1S/C21H22FN7O2S/c22-16-8-2-1-6-14(16)13-28-21-15(7-5-9-24-21)18(27-28)20-25-12-17(19(23)26-20)29-10-3-4-11-32(29,30)31/h1-2,5-9,12,30-31H,3-4,10-11,13H2,(H2,23,25,26). The summed E-state index contributed by atoms with van der Waals surface area (Å²) in [5.41, 5.74) is 8.12. The Morgan fingerprint density at radius 3 is 2.72 bits per heavy atom. The van der Waals surface area contributed by atoms with Crippen molar-refractivity contribution in [3.63, 3.8) is 0 Å². The zero-order valence-electron chi connectivity index (χ0n) is 17.1. The van der Waals surface area contributed by atoms with E-state index in [4.69, 9.17) is 5.73 Å². The van der Waals surface area contributed by atoms with Crippen LogP contribution in [0.2, 0.25) is 0 Å². The van der Waals surface area contributed by atoms with Crippen molar-refractivity contribution in [2.75, 3.05) is 22.3 Å². The van der Waals surface area contributed by atoms with E-state index in [2.05, 4.69) is 20.1 Å². The number of nitrogens with two attached hydrogens (primary N) is 1. The molecule has 0 spiro atoms. The number of anilines is 2. The minimum Gasteiger partial charge on any atom is -0.382 e. The molecule has 166 valence electrons. The highest BCUT2D eigenvalue weighted by molar-refractivity contribution is 8.25. The van der Waals surface area contributed by atoms with E-state index in [1.54, 1.807) is 35.1 Å². The van der Waals surface area contributed by atoms with E-state index in [9.17, 15) is 13.5 Å². The summed E-state index contributed by atoms with van der Waals surface area (Å²) in [7, 11) is -2.94. The Balaban J connectivity index is 1.55. The van der Waals surface area contributed by atoms with Crippen molar-refractivity contribution < 1.29 is 13.5 Å². The van der Waals surface area contributed by atoms with Gasteiger partial charge in [-0.1, -0.05) is 18.2 Å². The van der Waals surface area contributed by atoms with Gasteiger partial charge in [-0.05, 0) is 31.0 Å². The molecule has 1 aliphatic rings. The maximum atomic E-state index is 14.2. The van der Waals surface area contributed by atoms with Gasteiger partial charge in [0.2, 0.25) is 0 Å². The molecule has 3 aromatic heterocycles. The number of nitrogens with zero attached hydrogens (tertiary/aromatic N) is 6. The molecular formula is C21H22FN7O2S. The summed E-state index contributed by atoms with van der Waals surface area (Å²) in [5.74, 6) is 0.395. The Morgan fingerprint density at radius 2 is 1.94 bits per heavy atom. The molecule has 1 saturated heterocycles. The van der Waals surface area contributed by atoms with Gasteiger partial charge in [-0.2, -0.15) is 5.10 Å². The average molecular weight is 456 g/mol. The molecule has 0 atom stereocenters. The minimum atomic E-state index is -2.94. The number of aromatic nitrogens is 5. The van der Waals surface area contributed by atoms with Crippen molar-refractivity contribution in [2.45, 2.75) is 19.4 Å². The Labute approximate surface area is 185 Å². The molecular weight excluding hydrogens is 433 g/mol. The summed E-state index contributed by atoms with van der Waals surface area (Å²) >= 11 is 0. The number of fused-ring (bicyclic) bond motifs is 1. The smallest absolute Gasteiger partial charge is 0.182 e. The molecule has 5 rings (SSSR count). The van der Waals surface area contributed by atoms with Crippen LogP contribution in [0.3, 0.4) is 0 Å². The maximum absolute atomic E-state index is 14.2. The molecule has 0 saturated carbocycles. The van der Waals surface area contributed by atoms with E-state index in [0.717, 1.165) is 12.8 Å². The average Bonchev–Trinajstić information content (AvgIpc) is 3.14. The quantitative estimate of drug-likeness (QED) is 0.423. The fourth-order valence-corrected chi connectivity index (χ4v) is 5.54. The fourth-order valence-electron chi connectivity index (χ4n) is 3.85. The number of rotatable bonds is 4. The molecule has 4 heterocycles. The lowest BCUT2D eigenvalue weighted by Gasteiger charge is -2.47. The number of nitrogen functional groups attached to an aromatic ring is 1. The highest BCUT2D eigenvalue weighted by Crippen LogP contribution is 2.50. The number of pyridine rings is 1. The Bertz CT molecular complexity index is 1300. The second-order valence-corrected chi connectivity index (χ2v) is 9.70. The molecule has 0 bridgehead atoms. The summed E-state index contributed by atoms with van der Waals surface area (Å²) in [4.78, 5) is 13.2. The van der Waals surface area contributed by atoms with Crippen LogP contribution in [0.4, 0.5) is 15.9 Å². The van der Waals surface area contributed by atoms with E-state index in [1.165, 1.54) is 16.6 Å². The summed E-state index contributed by atoms with van der Waals surface area (Å²) in [6, 6.07) is 10.1. The molecule has 11 heteroatoms. The van der Waals surface area contributed by atoms with Gasteiger partial charge >= 0.3 is 0 Å². The lowest BCUT2D eigenvalue weighted by molar-refractivity contribution is 0.467. The lowest BCUT2D eigenvalue weighted by Crippen LogP contribution is -2.35. The second kappa shape index (κ2) is 8.01. The van der Waals surface area contributed by atoms with Gasteiger partial charge in [-0.15, -0.1) is 10.8 Å². The highest BCUT2D eigenvalue weighted by atomic mass is 32.3. The van der Waals surface area contributed by atoms with Crippen molar-refractivity contribution in [3.8, 4) is 11.5 Å². The van der Waals surface area contributed by atoms with Crippen molar-refractivity contribution in [3.05, 3.63) is 60.2 Å². The van der Waals surface area contributed by atoms with Crippen LogP contribution < -0.4 is 10.0 Å². The molecule has 4 N–H and O–H groups in total. The first kappa shape index (κ1) is 20.6. The van der Waals surface area contributed by atoms with E-state index >= 15 is 0 Å². The molecule has 0 aliphatic carbocycles. The van der Waals surface area contributed by atoms with E-state index in [0.29, 0.717) is 40.3 Å². The first-order valence-electron chi connectivity index (χ1n) is 10.2. The zero-order chi connectivity index (χ0) is 22.3. The third-order valence-corrected chi connectivity index (χ3v) is 7.37. The molecule has 0 amide bonds. The monoisotopic (exact) mass is 455 g/mol. The summed E-state index contributed by atoms with van der Waals surface area (Å²) in [6.07, 6.45) is 4.71. The fraction of sp³-hybridized carbons (Fsp3) is 0.238. The van der Waals surface area contributed by atoms with Crippen LogP contribution in [0.25, 0.3) is 22.6 Å². The molecule has 1 aliphatic heterocycles. The van der Waals surface area contributed by atoms with Crippen molar-refractivity contribution >= 4 is 33.3 Å². The molecule has 0 radical (unpaired) electrons. The third kappa shape index (κ3) is 3.64.